The molecule has 0 atom stereocenters. The minimum Gasteiger partial charge on any atom is -0.419 e. The lowest BCUT2D eigenvalue weighted by molar-refractivity contribution is -0.102. The summed E-state index contributed by atoms with van der Waals surface area (Å²) in [6.07, 6.45) is 4.63. The van der Waals surface area contributed by atoms with Gasteiger partial charge in [-0.1, -0.05) is 6.07 Å². The van der Waals surface area contributed by atoms with Crippen molar-refractivity contribution in [2.24, 2.45) is 0 Å². The van der Waals surface area contributed by atoms with Crippen LogP contribution in [0.1, 0.15) is 30.0 Å². The highest BCUT2D eigenvalue weighted by molar-refractivity contribution is 5.52. The molecule has 4 heterocycles. The highest BCUT2D eigenvalue weighted by atomic mass is 19.1. The Labute approximate surface area is 155 Å². The van der Waals surface area contributed by atoms with Gasteiger partial charge in [-0.25, -0.2) is 4.39 Å². The molecule has 0 radical (unpaired) electrons. The largest absolute Gasteiger partial charge is 0.419 e. The molecule has 1 N–H and O–H groups in total. The number of hydrogen-bond donors (Lipinski definition) is 1. The second-order valence-electron chi connectivity index (χ2n) is 7.15. The van der Waals surface area contributed by atoms with E-state index in [0.29, 0.717) is 23.9 Å². The molecule has 1 fully saturated rings. The summed E-state index contributed by atoms with van der Waals surface area (Å²) >= 11 is 0. The average Bonchev–Trinajstić information content (AvgIpc) is 3.34. The van der Waals surface area contributed by atoms with Crippen LogP contribution < -0.4 is 0 Å². The van der Waals surface area contributed by atoms with Gasteiger partial charge >= 0.3 is 0 Å². The summed E-state index contributed by atoms with van der Waals surface area (Å²) in [6, 6.07) is 6.17. The minimum atomic E-state index is -0.320. The summed E-state index contributed by atoms with van der Waals surface area (Å²) in [4.78, 5) is 2.28. The van der Waals surface area contributed by atoms with Crippen molar-refractivity contribution in [3.8, 4) is 11.5 Å². The van der Waals surface area contributed by atoms with Crippen LogP contribution in [0.5, 0.6) is 0 Å². The number of benzene rings is 1. The molecule has 1 spiro atoms. The minimum absolute atomic E-state index is 0.248. The Morgan fingerprint density at radius 3 is 2.96 bits per heavy atom. The molecule has 0 saturated carbocycles. The summed E-state index contributed by atoms with van der Waals surface area (Å²) in [7, 11) is 0. The van der Waals surface area contributed by atoms with Gasteiger partial charge in [-0.05, 0) is 43.0 Å². The van der Waals surface area contributed by atoms with Gasteiger partial charge < -0.3 is 9.15 Å². The number of nitrogens with zero attached hydrogens (tertiary/aromatic N) is 4. The maximum absolute atomic E-state index is 13.4. The van der Waals surface area contributed by atoms with Crippen molar-refractivity contribution in [1.29, 1.82) is 0 Å². The molecule has 0 amide bonds. The van der Waals surface area contributed by atoms with Gasteiger partial charge in [0.15, 0.2) is 0 Å². The van der Waals surface area contributed by atoms with Crippen molar-refractivity contribution >= 4 is 0 Å². The van der Waals surface area contributed by atoms with Crippen molar-refractivity contribution in [2.45, 2.75) is 31.4 Å². The van der Waals surface area contributed by atoms with Crippen molar-refractivity contribution < 1.29 is 13.5 Å². The van der Waals surface area contributed by atoms with Gasteiger partial charge in [0.25, 0.3) is 0 Å². The number of hydrogen-bond acceptors (Lipinski definition) is 6. The zero-order valence-electron chi connectivity index (χ0n) is 14.8. The Hall–Kier alpha value is -2.58. The zero-order valence-corrected chi connectivity index (χ0v) is 14.8. The SMILES string of the molecule is Fc1cccc(-c2nnc(CN3CCC4(CC3)OCCc3cn[nH]c34)o2)c1. The predicted molar refractivity (Wildman–Crippen MR) is 94.1 cm³/mol. The van der Waals surface area contributed by atoms with Crippen LogP contribution in [-0.2, 0) is 23.3 Å². The van der Waals surface area contributed by atoms with E-state index in [0.717, 1.165) is 44.7 Å². The normalized spacial score (nSPS) is 19.3. The number of nitrogens with one attached hydrogen (secondary N) is 1. The number of ether oxygens (including phenoxy) is 1. The molecule has 2 aliphatic heterocycles. The number of rotatable bonds is 3. The van der Waals surface area contributed by atoms with E-state index in [-0.39, 0.29) is 11.4 Å². The number of fused-ring (bicyclic) bond motifs is 2. The molecule has 1 aromatic carbocycles. The van der Waals surface area contributed by atoms with Gasteiger partial charge in [0.1, 0.15) is 11.4 Å². The lowest BCUT2D eigenvalue weighted by Crippen LogP contribution is -2.46. The third-order valence-corrected chi connectivity index (χ3v) is 5.48. The van der Waals surface area contributed by atoms with Crippen LogP contribution >= 0.6 is 0 Å². The molecule has 2 aliphatic rings. The van der Waals surface area contributed by atoms with Crippen LogP contribution in [0.4, 0.5) is 4.39 Å². The molecule has 2 aromatic heterocycles. The maximum atomic E-state index is 13.4. The first-order chi connectivity index (χ1) is 13.2. The molecule has 27 heavy (non-hydrogen) atoms. The summed E-state index contributed by atoms with van der Waals surface area (Å²) in [5, 5.41) is 15.5. The molecule has 8 heteroatoms. The number of halogens is 1. The number of aromatic nitrogens is 4. The van der Waals surface area contributed by atoms with E-state index in [2.05, 4.69) is 25.3 Å². The van der Waals surface area contributed by atoms with Crippen LogP contribution in [0, 0.1) is 5.82 Å². The fraction of sp³-hybridized carbons (Fsp3) is 0.421. The Morgan fingerprint density at radius 2 is 2.11 bits per heavy atom. The van der Waals surface area contributed by atoms with E-state index in [4.69, 9.17) is 9.15 Å². The zero-order chi connectivity index (χ0) is 18.3. The average molecular weight is 369 g/mol. The Kier molecular flexibility index (Phi) is 4.02. The topological polar surface area (TPSA) is 80.1 Å². The summed E-state index contributed by atoms with van der Waals surface area (Å²) in [5.74, 6) is 0.562. The smallest absolute Gasteiger partial charge is 0.247 e. The first kappa shape index (κ1) is 16.6. The second-order valence-corrected chi connectivity index (χ2v) is 7.15. The summed E-state index contributed by atoms with van der Waals surface area (Å²) < 4.78 is 25.3. The standard InChI is InChI=1S/C19H20FN5O2/c20-15-3-1-2-13(10-15)18-24-22-16(27-18)12-25-7-5-19(6-8-25)17-14(4-9-26-19)11-21-23-17/h1-3,10-11H,4-9,12H2,(H,21,23). The maximum Gasteiger partial charge on any atom is 0.247 e. The van der Waals surface area contributed by atoms with Crippen molar-refractivity contribution in [3.63, 3.8) is 0 Å². The highest BCUT2D eigenvalue weighted by Gasteiger charge is 2.42. The van der Waals surface area contributed by atoms with Crippen LogP contribution in [0.15, 0.2) is 34.9 Å². The lowest BCUT2D eigenvalue weighted by Gasteiger charge is -2.43. The van der Waals surface area contributed by atoms with E-state index in [9.17, 15) is 4.39 Å². The van der Waals surface area contributed by atoms with E-state index < -0.39 is 0 Å². The molecule has 1 saturated heterocycles. The molecule has 7 nitrogen and oxygen atoms in total. The molecule has 3 aromatic rings. The second kappa shape index (κ2) is 6.54. The number of H-pyrrole nitrogens is 1. The summed E-state index contributed by atoms with van der Waals surface area (Å²) in [5.41, 5.74) is 2.75. The van der Waals surface area contributed by atoms with Crippen molar-refractivity contribution in [2.75, 3.05) is 19.7 Å². The molecule has 0 aliphatic carbocycles. The first-order valence-corrected chi connectivity index (χ1v) is 9.19. The number of likely N-dealkylation sites (tertiary alicyclic amines) is 1. The van der Waals surface area contributed by atoms with Crippen LogP contribution in [0.2, 0.25) is 0 Å². The van der Waals surface area contributed by atoms with Gasteiger partial charge in [-0.3, -0.25) is 10.00 Å². The Balaban J connectivity index is 1.26. The lowest BCUT2D eigenvalue weighted by atomic mass is 9.84. The predicted octanol–water partition coefficient (Wildman–Crippen LogP) is 2.66. The number of aromatic amines is 1. The van der Waals surface area contributed by atoms with E-state index in [1.54, 1.807) is 12.1 Å². The molecular weight excluding hydrogens is 349 g/mol. The van der Waals surface area contributed by atoms with Gasteiger partial charge in [0.05, 0.1) is 25.0 Å². The van der Waals surface area contributed by atoms with Gasteiger partial charge in [0.2, 0.25) is 11.8 Å². The third-order valence-electron chi connectivity index (χ3n) is 5.48. The highest BCUT2D eigenvalue weighted by Crippen LogP contribution is 2.40. The van der Waals surface area contributed by atoms with Crippen molar-refractivity contribution in [3.05, 3.63) is 53.4 Å². The fourth-order valence-electron chi connectivity index (χ4n) is 4.04. The number of piperidine rings is 1. The Morgan fingerprint density at radius 1 is 1.22 bits per heavy atom. The van der Waals surface area contributed by atoms with Gasteiger partial charge in [0, 0.05) is 18.7 Å². The fourth-order valence-corrected chi connectivity index (χ4v) is 4.04. The third kappa shape index (κ3) is 3.04. The van der Waals surface area contributed by atoms with E-state index >= 15 is 0 Å². The Bertz CT molecular complexity index is 945. The molecular formula is C19H20FN5O2. The van der Waals surface area contributed by atoms with Crippen LogP contribution in [0.3, 0.4) is 0 Å². The molecule has 0 unspecified atom stereocenters. The summed E-state index contributed by atoms with van der Waals surface area (Å²) in [6.45, 7) is 3.06. The first-order valence-electron chi connectivity index (χ1n) is 9.19. The van der Waals surface area contributed by atoms with Crippen LogP contribution in [0.25, 0.3) is 11.5 Å². The molecule has 0 bridgehead atoms. The molecule has 140 valence electrons. The van der Waals surface area contributed by atoms with E-state index in [1.807, 2.05) is 6.20 Å². The van der Waals surface area contributed by atoms with Crippen molar-refractivity contribution in [1.82, 2.24) is 25.3 Å². The van der Waals surface area contributed by atoms with Gasteiger partial charge in [-0.2, -0.15) is 5.10 Å². The van der Waals surface area contributed by atoms with Crippen LogP contribution in [-0.4, -0.2) is 45.0 Å². The monoisotopic (exact) mass is 369 g/mol. The molecule has 5 rings (SSSR count). The van der Waals surface area contributed by atoms with E-state index in [1.165, 1.54) is 17.7 Å². The quantitative estimate of drug-likeness (QED) is 0.765. The van der Waals surface area contributed by atoms with Gasteiger partial charge in [-0.15, -0.1) is 10.2 Å².